The van der Waals surface area contributed by atoms with Crippen molar-refractivity contribution in [1.29, 1.82) is 0 Å². The first kappa shape index (κ1) is 7.60. The molecular weight excluding hydrogens is 144 g/mol. The third kappa shape index (κ3) is 1.29. The molecule has 0 saturated heterocycles. The molecule has 0 nitrogen and oxygen atoms in total. The van der Waals surface area contributed by atoms with Gasteiger partial charge in [0.1, 0.15) is 0 Å². The third-order valence-electron chi connectivity index (χ3n) is 2.49. The summed E-state index contributed by atoms with van der Waals surface area (Å²) in [6.45, 7) is 4.39. The lowest BCUT2D eigenvalue weighted by Crippen LogP contribution is -1.85. The molecular formula is C12H14. The van der Waals surface area contributed by atoms with Gasteiger partial charge in [0.2, 0.25) is 0 Å². The average Bonchev–Trinajstić information content (AvgIpc) is 2.58. The Morgan fingerprint density at radius 1 is 0.750 bits per heavy atom. The fourth-order valence-electron chi connectivity index (χ4n) is 1.76. The highest BCUT2D eigenvalue weighted by Gasteiger charge is 2.12. The van der Waals surface area contributed by atoms with Crippen molar-refractivity contribution < 1.29 is 0 Å². The van der Waals surface area contributed by atoms with Crippen molar-refractivity contribution in [3.63, 3.8) is 0 Å². The summed E-state index contributed by atoms with van der Waals surface area (Å²) in [7, 11) is 0. The van der Waals surface area contributed by atoms with Crippen LogP contribution in [0.5, 0.6) is 0 Å². The van der Waals surface area contributed by atoms with E-state index in [9.17, 15) is 0 Å². The van der Waals surface area contributed by atoms with Gasteiger partial charge in [-0.3, -0.25) is 0 Å². The first-order valence-electron chi connectivity index (χ1n) is 4.49. The molecule has 2 aliphatic carbocycles. The van der Waals surface area contributed by atoms with Gasteiger partial charge in [0.05, 0.1) is 0 Å². The molecule has 0 aromatic carbocycles. The van der Waals surface area contributed by atoms with Gasteiger partial charge in [0, 0.05) is 0 Å². The zero-order chi connectivity index (χ0) is 8.55. The molecule has 0 aliphatic heterocycles. The maximum atomic E-state index is 2.26. The van der Waals surface area contributed by atoms with Crippen LogP contribution in [0.2, 0.25) is 0 Å². The quantitative estimate of drug-likeness (QED) is 0.547. The van der Waals surface area contributed by atoms with Crippen LogP contribution in [-0.2, 0) is 0 Å². The van der Waals surface area contributed by atoms with E-state index in [1.165, 1.54) is 22.3 Å². The van der Waals surface area contributed by atoms with Crippen LogP contribution in [0.4, 0.5) is 0 Å². The average molecular weight is 158 g/mol. The van der Waals surface area contributed by atoms with Gasteiger partial charge in [-0.2, -0.15) is 0 Å². The maximum Gasteiger partial charge on any atom is -0.00639 e. The number of hydrogen-bond donors (Lipinski definition) is 0. The Kier molecular flexibility index (Phi) is 1.76. The fraction of sp³-hybridized carbons (Fsp3) is 0.333. The van der Waals surface area contributed by atoms with Crippen molar-refractivity contribution in [2.75, 3.05) is 0 Å². The second kappa shape index (κ2) is 2.78. The second-order valence-corrected chi connectivity index (χ2v) is 3.76. The molecule has 0 fully saturated rings. The predicted molar refractivity (Wildman–Crippen MR) is 52.9 cm³/mol. The minimum atomic E-state index is 1.16. The van der Waals surface area contributed by atoms with E-state index in [0.29, 0.717) is 0 Å². The maximum absolute atomic E-state index is 2.26. The van der Waals surface area contributed by atoms with Gasteiger partial charge in [0.25, 0.3) is 0 Å². The van der Waals surface area contributed by atoms with E-state index in [0.717, 1.165) is 12.8 Å². The van der Waals surface area contributed by atoms with E-state index < -0.39 is 0 Å². The fourth-order valence-corrected chi connectivity index (χ4v) is 1.76. The standard InChI is InChI=1S/C12H14/c1-9-3-5-11(7-9)12-6-4-10(2)8-12/h3-6H,7-8H2,1-2H3. The minimum Gasteiger partial charge on any atom is -0.0689 e. The highest BCUT2D eigenvalue weighted by atomic mass is 14.2. The van der Waals surface area contributed by atoms with Crippen LogP contribution in [0.3, 0.4) is 0 Å². The number of allylic oxidation sites excluding steroid dienone is 8. The molecule has 0 aromatic rings. The predicted octanol–water partition coefficient (Wildman–Crippen LogP) is 3.54. The van der Waals surface area contributed by atoms with Gasteiger partial charge in [-0.05, 0) is 37.8 Å². The van der Waals surface area contributed by atoms with Crippen LogP contribution in [0.25, 0.3) is 0 Å². The Balaban J connectivity index is 2.07. The molecule has 0 atom stereocenters. The summed E-state index contributed by atoms with van der Waals surface area (Å²) in [5.74, 6) is 0. The lowest BCUT2D eigenvalue weighted by Gasteiger charge is -2.03. The van der Waals surface area contributed by atoms with Gasteiger partial charge < -0.3 is 0 Å². The van der Waals surface area contributed by atoms with E-state index in [2.05, 4.69) is 38.2 Å². The molecule has 62 valence electrons. The van der Waals surface area contributed by atoms with Crippen LogP contribution in [0.15, 0.2) is 46.6 Å². The van der Waals surface area contributed by atoms with E-state index in [4.69, 9.17) is 0 Å². The first-order chi connectivity index (χ1) is 5.75. The van der Waals surface area contributed by atoms with Gasteiger partial charge in [-0.1, -0.05) is 35.5 Å². The Morgan fingerprint density at radius 3 is 1.42 bits per heavy atom. The van der Waals surface area contributed by atoms with Crippen LogP contribution in [0, 0.1) is 0 Å². The molecule has 0 amide bonds. The summed E-state index contributed by atoms with van der Waals surface area (Å²) in [6.07, 6.45) is 11.3. The summed E-state index contributed by atoms with van der Waals surface area (Å²) in [4.78, 5) is 0. The molecule has 2 aliphatic rings. The van der Waals surface area contributed by atoms with Crippen molar-refractivity contribution in [3.05, 3.63) is 46.6 Å². The third-order valence-corrected chi connectivity index (χ3v) is 2.49. The van der Waals surface area contributed by atoms with Crippen molar-refractivity contribution in [1.82, 2.24) is 0 Å². The summed E-state index contributed by atoms with van der Waals surface area (Å²) in [5, 5.41) is 0. The Labute approximate surface area is 74.0 Å². The van der Waals surface area contributed by atoms with E-state index in [-0.39, 0.29) is 0 Å². The summed E-state index contributed by atoms with van der Waals surface area (Å²) >= 11 is 0. The zero-order valence-corrected chi connectivity index (χ0v) is 7.72. The molecule has 0 unspecified atom stereocenters. The van der Waals surface area contributed by atoms with Crippen LogP contribution in [-0.4, -0.2) is 0 Å². The molecule has 0 heterocycles. The molecule has 0 spiro atoms. The van der Waals surface area contributed by atoms with Crippen LogP contribution < -0.4 is 0 Å². The molecule has 0 aromatic heterocycles. The van der Waals surface area contributed by atoms with E-state index >= 15 is 0 Å². The van der Waals surface area contributed by atoms with Gasteiger partial charge in [-0.25, -0.2) is 0 Å². The summed E-state index contributed by atoms with van der Waals surface area (Å²) in [6, 6.07) is 0. The topological polar surface area (TPSA) is 0 Å². The van der Waals surface area contributed by atoms with Crippen molar-refractivity contribution in [3.8, 4) is 0 Å². The summed E-state index contributed by atoms with van der Waals surface area (Å²) < 4.78 is 0. The van der Waals surface area contributed by atoms with Gasteiger partial charge >= 0.3 is 0 Å². The van der Waals surface area contributed by atoms with Gasteiger partial charge in [-0.15, -0.1) is 0 Å². The molecule has 12 heavy (non-hydrogen) atoms. The number of hydrogen-bond acceptors (Lipinski definition) is 0. The van der Waals surface area contributed by atoms with Crippen LogP contribution >= 0.6 is 0 Å². The van der Waals surface area contributed by atoms with Crippen molar-refractivity contribution >= 4 is 0 Å². The molecule has 0 radical (unpaired) electrons. The van der Waals surface area contributed by atoms with Crippen molar-refractivity contribution in [2.24, 2.45) is 0 Å². The lowest BCUT2D eigenvalue weighted by atomic mass is 10.0. The van der Waals surface area contributed by atoms with Crippen molar-refractivity contribution in [2.45, 2.75) is 26.7 Å². The smallest absolute Gasteiger partial charge is 0.00639 e. The number of rotatable bonds is 1. The first-order valence-corrected chi connectivity index (χ1v) is 4.49. The molecule has 0 bridgehead atoms. The molecule has 2 rings (SSSR count). The van der Waals surface area contributed by atoms with Crippen LogP contribution in [0.1, 0.15) is 26.7 Å². The highest BCUT2D eigenvalue weighted by Crippen LogP contribution is 2.31. The Hall–Kier alpha value is -1.04. The minimum absolute atomic E-state index is 1.16. The SMILES string of the molecule is CC1=CC=C(C2=CC=C(C)C2)C1. The largest absolute Gasteiger partial charge is 0.0689 e. The molecule has 0 heteroatoms. The highest BCUT2D eigenvalue weighted by molar-refractivity contribution is 5.48. The normalized spacial score (nSPS) is 21.8. The van der Waals surface area contributed by atoms with Gasteiger partial charge in [0.15, 0.2) is 0 Å². The monoisotopic (exact) mass is 158 g/mol. The zero-order valence-electron chi connectivity index (χ0n) is 7.72. The molecule has 0 N–H and O–H groups in total. The lowest BCUT2D eigenvalue weighted by molar-refractivity contribution is 1.09. The Morgan fingerprint density at radius 2 is 1.17 bits per heavy atom. The molecule has 0 saturated carbocycles. The summed E-state index contributed by atoms with van der Waals surface area (Å²) in [5.41, 5.74) is 5.99. The van der Waals surface area contributed by atoms with E-state index in [1.54, 1.807) is 0 Å². The second-order valence-electron chi connectivity index (χ2n) is 3.76. The van der Waals surface area contributed by atoms with E-state index in [1.807, 2.05) is 0 Å². The Bertz CT molecular complexity index is 288.